The largest absolute Gasteiger partial charge is 0.495 e. The van der Waals surface area contributed by atoms with Crippen molar-refractivity contribution >= 4 is 69.8 Å². The Balaban J connectivity index is 0.779. The number of amides is 5. The molecule has 2 aliphatic heterocycles. The Labute approximate surface area is 509 Å². The molecule has 460 valence electrons. The Morgan fingerprint density at radius 3 is 2.14 bits per heavy atom. The van der Waals surface area contributed by atoms with Crippen molar-refractivity contribution in [3.63, 3.8) is 0 Å². The van der Waals surface area contributed by atoms with E-state index in [2.05, 4.69) is 31.6 Å². The maximum absolute atomic E-state index is 16.0. The highest BCUT2D eigenvalue weighted by atomic mass is 35.5. The SMILES string of the molecule is COc1cc(C(=O)NCCOCCOCCOCCOCC(=O)N[C@H](C(=O)N2C[C@H](O)C[C@H]2C(=O)NCc2ccc(-c3scnc3C)cc2)C(C)(C)C)ccc1NC(=O)C1NC(CC(C)(C)C)C(c2ccc(Cl)cc2F)C1c1cccc(Cl)c1F. The highest BCUT2D eigenvalue weighted by Gasteiger charge is 2.50. The molecule has 0 radical (unpaired) electrons. The molecular weight excluding hydrogens is 1160 g/mol. The van der Waals surface area contributed by atoms with Crippen molar-refractivity contribution < 1.29 is 61.5 Å². The number of rotatable bonds is 27. The van der Waals surface area contributed by atoms with E-state index >= 15 is 8.78 Å². The molecular formula is C62H77Cl2F2N7O11S. The summed E-state index contributed by atoms with van der Waals surface area (Å²) in [5.74, 6) is -5.03. The number of hydrogen-bond donors (Lipinski definition) is 6. The van der Waals surface area contributed by atoms with E-state index in [1.54, 1.807) is 61.9 Å². The quantitative estimate of drug-likeness (QED) is 0.0271. The molecule has 1 aromatic heterocycles. The predicted octanol–water partition coefficient (Wildman–Crippen LogP) is 8.60. The zero-order valence-electron chi connectivity index (χ0n) is 49.2. The van der Waals surface area contributed by atoms with Crippen LogP contribution >= 0.6 is 34.5 Å². The van der Waals surface area contributed by atoms with E-state index in [9.17, 15) is 29.1 Å². The fourth-order valence-corrected chi connectivity index (χ4v) is 11.8. The van der Waals surface area contributed by atoms with E-state index in [1.165, 1.54) is 42.3 Å². The standard InChI is InChI=1S/C62H77Cl2F2N7O11S/c1-36-55(85-35-69-36)38-14-12-37(13-15-38)32-68-58(77)48-30-41(74)33-73(48)60(79)56(62(5,6)7)72-50(75)34-84-27-26-83-25-24-82-23-22-81-21-20-67-57(76)39-16-19-46(49(28-39)80-8)71-59(78)54-52(43-10-9-11-44(64)53(43)66)51(47(70-54)31-61(2,3)4)42-18-17-40(63)29-45(42)65/h9-19,28-29,35,41,47-48,51-52,54,56,70,74H,20-27,30-34H2,1-8H3,(H,67,76)(H,68,77)(H,71,78)(H,72,75)/t41-,47?,48+,51?,52?,54?,56-/m1/s1. The number of hydrogen-bond acceptors (Lipinski definition) is 14. The Hall–Kier alpha value is -6.14. The Morgan fingerprint density at radius 1 is 0.824 bits per heavy atom. The minimum Gasteiger partial charge on any atom is -0.495 e. The van der Waals surface area contributed by atoms with Gasteiger partial charge in [-0.3, -0.25) is 24.0 Å². The molecule has 18 nitrogen and oxygen atoms in total. The number of benzene rings is 4. The second-order valence-corrected chi connectivity index (χ2v) is 25.1. The van der Waals surface area contributed by atoms with Gasteiger partial charge >= 0.3 is 0 Å². The topological polar surface area (TPSA) is 228 Å². The van der Waals surface area contributed by atoms with E-state index in [0.717, 1.165) is 21.7 Å². The van der Waals surface area contributed by atoms with Gasteiger partial charge in [0.25, 0.3) is 5.91 Å². The molecule has 5 amide bonds. The first-order valence-electron chi connectivity index (χ1n) is 28.2. The lowest BCUT2D eigenvalue weighted by Gasteiger charge is -2.35. The molecule has 85 heavy (non-hydrogen) atoms. The van der Waals surface area contributed by atoms with E-state index < -0.39 is 88.7 Å². The van der Waals surface area contributed by atoms with Crippen molar-refractivity contribution in [2.45, 2.75) is 110 Å². The summed E-state index contributed by atoms with van der Waals surface area (Å²) in [6.45, 7) is 15.0. The van der Waals surface area contributed by atoms with Gasteiger partial charge in [0.2, 0.25) is 23.6 Å². The van der Waals surface area contributed by atoms with Crippen LogP contribution in [0.15, 0.2) is 84.4 Å². The molecule has 2 saturated heterocycles. The fourth-order valence-electron chi connectivity index (χ4n) is 10.6. The highest BCUT2D eigenvalue weighted by molar-refractivity contribution is 7.13. The van der Waals surface area contributed by atoms with Crippen molar-refractivity contribution in [3.05, 3.63) is 134 Å². The maximum atomic E-state index is 16.0. The van der Waals surface area contributed by atoms with Crippen LogP contribution in [0, 0.1) is 29.4 Å². The van der Waals surface area contributed by atoms with Gasteiger partial charge < -0.3 is 60.3 Å². The smallest absolute Gasteiger partial charge is 0.251 e. The number of anilines is 1. The van der Waals surface area contributed by atoms with Crippen LogP contribution in [-0.4, -0.2) is 148 Å². The highest BCUT2D eigenvalue weighted by Crippen LogP contribution is 2.49. The van der Waals surface area contributed by atoms with Crippen LogP contribution in [0.25, 0.3) is 10.4 Å². The number of likely N-dealkylation sites (tertiary alicyclic amines) is 1. The number of methoxy groups -OCH3 is 1. The molecule has 0 bridgehead atoms. The number of aryl methyl sites for hydroxylation is 1. The molecule has 4 aromatic carbocycles. The van der Waals surface area contributed by atoms with E-state index in [4.69, 9.17) is 46.9 Å². The van der Waals surface area contributed by atoms with E-state index in [1.807, 2.05) is 52.0 Å². The zero-order chi connectivity index (χ0) is 61.6. The van der Waals surface area contributed by atoms with Gasteiger partial charge in [-0.05, 0) is 82.8 Å². The summed E-state index contributed by atoms with van der Waals surface area (Å²) in [5, 5.41) is 25.4. The summed E-state index contributed by atoms with van der Waals surface area (Å²) < 4.78 is 59.7. The summed E-state index contributed by atoms with van der Waals surface area (Å²) >= 11 is 14.0. The molecule has 3 heterocycles. The van der Waals surface area contributed by atoms with Crippen LogP contribution in [0.3, 0.4) is 0 Å². The number of carbonyl (C=O) groups excluding carboxylic acids is 5. The predicted molar refractivity (Wildman–Crippen MR) is 322 cm³/mol. The fraction of sp³-hybridized carbons (Fsp3) is 0.484. The van der Waals surface area contributed by atoms with Crippen LogP contribution in [0.5, 0.6) is 5.75 Å². The van der Waals surface area contributed by atoms with Gasteiger partial charge in [-0.25, -0.2) is 13.8 Å². The van der Waals surface area contributed by atoms with Gasteiger partial charge in [0, 0.05) is 54.5 Å². The molecule has 0 saturated carbocycles. The van der Waals surface area contributed by atoms with Crippen LogP contribution in [0.1, 0.15) is 99.0 Å². The molecule has 7 rings (SSSR count). The average molecular weight is 1240 g/mol. The third kappa shape index (κ3) is 18.2. The number of ether oxygens (including phenoxy) is 5. The van der Waals surface area contributed by atoms with E-state index in [-0.39, 0.29) is 122 Å². The van der Waals surface area contributed by atoms with Gasteiger partial charge in [-0.15, -0.1) is 11.3 Å². The van der Waals surface area contributed by atoms with Gasteiger partial charge in [-0.1, -0.05) is 107 Å². The molecule has 4 unspecified atom stereocenters. The summed E-state index contributed by atoms with van der Waals surface area (Å²) in [6, 6.07) is 17.8. The third-order valence-electron chi connectivity index (χ3n) is 14.7. The first-order valence-corrected chi connectivity index (χ1v) is 29.9. The molecule has 0 spiro atoms. The second kappa shape index (κ2) is 30.5. The van der Waals surface area contributed by atoms with Crippen molar-refractivity contribution in [1.82, 2.24) is 31.2 Å². The van der Waals surface area contributed by atoms with Gasteiger partial charge in [0.15, 0.2) is 0 Å². The molecule has 2 fully saturated rings. The lowest BCUT2D eigenvalue weighted by Crippen LogP contribution is -2.58. The van der Waals surface area contributed by atoms with Crippen molar-refractivity contribution in [2.24, 2.45) is 10.8 Å². The minimum absolute atomic E-state index is 0.0460. The number of aromatic nitrogens is 1. The van der Waals surface area contributed by atoms with E-state index in [0.29, 0.717) is 6.42 Å². The average Bonchev–Trinajstić information content (AvgIpc) is 2.33. The molecule has 0 aliphatic carbocycles. The van der Waals surface area contributed by atoms with Crippen LogP contribution in [0.2, 0.25) is 10.0 Å². The Morgan fingerprint density at radius 2 is 1.51 bits per heavy atom. The Kier molecular flexibility index (Phi) is 23.8. The maximum Gasteiger partial charge on any atom is 0.251 e. The first-order chi connectivity index (χ1) is 40.4. The molecule has 2 aliphatic rings. The lowest BCUT2D eigenvalue weighted by molar-refractivity contribution is -0.144. The minimum atomic E-state index is -1.05. The van der Waals surface area contributed by atoms with Crippen molar-refractivity contribution in [1.29, 1.82) is 0 Å². The normalized spacial score (nSPS) is 19.1. The third-order valence-corrected chi connectivity index (χ3v) is 16.2. The first kappa shape index (κ1) is 66.4. The monoisotopic (exact) mass is 1240 g/mol. The van der Waals surface area contributed by atoms with Gasteiger partial charge in [0.05, 0.1) is 92.3 Å². The van der Waals surface area contributed by atoms with Crippen LogP contribution in [-0.2, 0) is 44.7 Å². The number of aliphatic hydroxyl groups excluding tert-OH is 1. The number of nitrogens with zero attached hydrogens (tertiary/aromatic N) is 2. The van der Waals surface area contributed by atoms with Crippen molar-refractivity contribution in [2.75, 3.05) is 78.4 Å². The summed E-state index contributed by atoms with van der Waals surface area (Å²) in [5.41, 5.74) is 4.59. The van der Waals surface area contributed by atoms with Gasteiger partial charge in [-0.2, -0.15) is 0 Å². The summed E-state index contributed by atoms with van der Waals surface area (Å²) in [6.07, 6.45) is -0.321. The molecule has 7 atom stereocenters. The molecule has 5 aromatic rings. The van der Waals surface area contributed by atoms with Crippen LogP contribution in [0.4, 0.5) is 14.5 Å². The lowest BCUT2D eigenvalue weighted by atomic mass is 9.74. The van der Waals surface area contributed by atoms with Gasteiger partial charge in [0.1, 0.15) is 36.1 Å². The van der Waals surface area contributed by atoms with Crippen molar-refractivity contribution in [3.8, 4) is 16.2 Å². The number of nitrogens with one attached hydrogen (secondary N) is 5. The summed E-state index contributed by atoms with van der Waals surface area (Å²) in [4.78, 5) is 74.8. The number of halogens is 4. The second-order valence-electron chi connectivity index (χ2n) is 23.4. The van der Waals surface area contributed by atoms with Crippen LogP contribution < -0.4 is 31.3 Å². The number of carbonyl (C=O) groups is 5. The Bertz CT molecular complexity index is 3110. The number of β-amino-alcohol motifs (C(OH)–C–C–N with tert-alkyl or cyclic N) is 1. The zero-order valence-corrected chi connectivity index (χ0v) is 51.5. The summed E-state index contributed by atoms with van der Waals surface area (Å²) in [7, 11) is 1.40. The molecule has 23 heteroatoms. The number of aliphatic hydroxyl groups is 1. The number of thiazole rings is 1. The molecule has 6 N–H and O–H groups in total.